The summed E-state index contributed by atoms with van der Waals surface area (Å²) in [6.45, 7) is 6.66. The molecular weight excluding hydrogens is 505 g/mol. The Morgan fingerprint density at radius 2 is 1.79 bits per heavy atom. The number of aromatic nitrogens is 1. The van der Waals surface area contributed by atoms with Gasteiger partial charge in [-0.15, -0.1) is 0 Å². The number of rotatable bonds is 6. The number of aliphatic imine (C=N–C) groups is 1. The topological polar surface area (TPSA) is 130 Å². The molecule has 1 heterocycles. The van der Waals surface area contributed by atoms with E-state index in [4.69, 9.17) is 11.5 Å². The Morgan fingerprint density at radius 1 is 1.13 bits per heavy atom. The third kappa shape index (κ3) is 6.69. The summed E-state index contributed by atoms with van der Waals surface area (Å²) < 4.78 is 40.6. The predicted molar refractivity (Wildman–Crippen MR) is 147 cm³/mol. The molecule has 5 N–H and O–H groups in total. The van der Waals surface area contributed by atoms with Gasteiger partial charge in [-0.2, -0.15) is 18.4 Å². The van der Waals surface area contributed by atoms with Gasteiger partial charge >= 0.3 is 6.18 Å². The average Bonchev–Trinajstić information content (AvgIpc) is 2.86. The molecular formula is C29H29F3N6O. The number of halogens is 3. The van der Waals surface area contributed by atoms with Gasteiger partial charge in [0.15, 0.2) is 0 Å². The van der Waals surface area contributed by atoms with Crippen LogP contribution in [0.15, 0.2) is 59.4 Å². The highest BCUT2D eigenvalue weighted by Gasteiger charge is 2.33. The molecule has 0 radical (unpaired) electrons. The number of pyridine rings is 1. The van der Waals surface area contributed by atoms with Gasteiger partial charge in [-0.25, -0.2) is 0 Å². The molecule has 0 atom stereocenters. The normalized spacial score (nSPS) is 12.7. The van der Waals surface area contributed by atoms with Crippen molar-refractivity contribution in [1.82, 2.24) is 4.98 Å². The van der Waals surface area contributed by atoms with Gasteiger partial charge in [-0.05, 0) is 80.8 Å². The molecule has 1 aromatic heterocycles. The highest BCUT2D eigenvalue weighted by Crippen LogP contribution is 2.34. The van der Waals surface area contributed by atoms with Crippen LogP contribution in [0.1, 0.15) is 59.1 Å². The first-order valence-electron chi connectivity index (χ1n) is 11.9. The molecule has 0 saturated carbocycles. The Balaban J connectivity index is 2.02. The van der Waals surface area contributed by atoms with Crippen molar-refractivity contribution in [2.24, 2.45) is 16.5 Å². The van der Waals surface area contributed by atoms with Crippen LogP contribution in [0.4, 0.5) is 18.9 Å². The second-order valence-corrected chi connectivity index (χ2v) is 9.72. The fourth-order valence-corrected chi connectivity index (χ4v) is 3.90. The molecule has 0 unspecified atom stereocenters. The Labute approximate surface area is 225 Å². The van der Waals surface area contributed by atoms with E-state index >= 15 is 0 Å². The minimum absolute atomic E-state index is 0.174. The minimum atomic E-state index is -4.65. The molecule has 0 aliphatic rings. The maximum atomic E-state index is 13.5. The smallest absolute Gasteiger partial charge is 0.402 e. The average molecular weight is 535 g/mol. The van der Waals surface area contributed by atoms with E-state index in [0.717, 1.165) is 17.7 Å². The molecule has 10 heteroatoms. The van der Waals surface area contributed by atoms with E-state index in [1.807, 2.05) is 6.92 Å². The standard InChI is InChI=1S/C29H29F3N6O/c1-16-6-7-23(38-27(39)18-9-21(28(3,4)35)11-22(10-18)29(30,31)32)12-24(16)20-8-19(13-33)26(37-14-20)25(15-36-5)17(2)34/h6-12,14-15H,34-35H2,1-5H3,(H,38,39). The lowest BCUT2D eigenvalue weighted by Gasteiger charge is -2.22. The van der Waals surface area contributed by atoms with Crippen LogP contribution in [0.25, 0.3) is 16.7 Å². The van der Waals surface area contributed by atoms with Crippen LogP contribution in [0.5, 0.6) is 0 Å². The van der Waals surface area contributed by atoms with E-state index in [2.05, 4.69) is 21.4 Å². The number of hydrogen-bond donors (Lipinski definition) is 3. The van der Waals surface area contributed by atoms with E-state index in [9.17, 15) is 23.2 Å². The van der Waals surface area contributed by atoms with Crippen LogP contribution in [0.3, 0.4) is 0 Å². The maximum Gasteiger partial charge on any atom is 0.416 e. The first kappa shape index (κ1) is 29.1. The number of allylic oxidation sites excluding steroid dienone is 2. The summed E-state index contributed by atoms with van der Waals surface area (Å²) in [7, 11) is 1.59. The van der Waals surface area contributed by atoms with E-state index in [-0.39, 0.29) is 16.7 Å². The van der Waals surface area contributed by atoms with Crippen molar-refractivity contribution in [2.75, 3.05) is 12.4 Å². The molecule has 0 aliphatic heterocycles. The Kier molecular flexibility index (Phi) is 8.27. The first-order chi connectivity index (χ1) is 18.1. The van der Waals surface area contributed by atoms with Crippen molar-refractivity contribution in [3.05, 3.63) is 87.9 Å². The zero-order valence-electron chi connectivity index (χ0n) is 22.2. The summed E-state index contributed by atoms with van der Waals surface area (Å²) >= 11 is 0. The van der Waals surface area contributed by atoms with Gasteiger partial charge in [-0.1, -0.05) is 6.07 Å². The molecule has 3 aromatic rings. The Morgan fingerprint density at radius 3 is 2.36 bits per heavy atom. The van der Waals surface area contributed by atoms with Gasteiger partial charge in [-0.3, -0.25) is 14.8 Å². The Hall–Kier alpha value is -4.49. The minimum Gasteiger partial charge on any atom is -0.402 e. The van der Waals surface area contributed by atoms with Gasteiger partial charge < -0.3 is 16.8 Å². The monoisotopic (exact) mass is 534 g/mol. The zero-order chi connectivity index (χ0) is 29.1. The molecule has 202 valence electrons. The van der Waals surface area contributed by atoms with E-state index in [1.54, 1.807) is 58.3 Å². The summed E-state index contributed by atoms with van der Waals surface area (Å²) in [4.78, 5) is 21.5. The molecule has 2 aromatic carbocycles. The van der Waals surface area contributed by atoms with E-state index < -0.39 is 23.2 Å². The van der Waals surface area contributed by atoms with E-state index in [1.165, 1.54) is 12.3 Å². The molecule has 0 fully saturated rings. The molecule has 0 bridgehead atoms. The third-order valence-electron chi connectivity index (χ3n) is 6.02. The molecule has 3 rings (SSSR count). The number of hydrogen-bond acceptors (Lipinski definition) is 6. The Bertz CT molecular complexity index is 1490. The first-order valence-corrected chi connectivity index (χ1v) is 11.9. The lowest BCUT2D eigenvalue weighted by Crippen LogP contribution is -2.30. The van der Waals surface area contributed by atoms with Crippen LogP contribution >= 0.6 is 0 Å². The van der Waals surface area contributed by atoms with Crippen LogP contribution < -0.4 is 16.8 Å². The number of amides is 1. The van der Waals surface area contributed by atoms with Crippen LogP contribution in [0, 0.1) is 18.3 Å². The highest BCUT2D eigenvalue weighted by molar-refractivity contribution is 6.11. The van der Waals surface area contributed by atoms with Crippen molar-refractivity contribution in [2.45, 2.75) is 39.4 Å². The van der Waals surface area contributed by atoms with Crippen molar-refractivity contribution < 1.29 is 18.0 Å². The van der Waals surface area contributed by atoms with E-state index in [0.29, 0.717) is 33.8 Å². The van der Waals surface area contributed by atoms with Crippen molar-refractivity contribution in [3.8, 4) is 17.2 Å². The van der Waals surface area contributed by atoms with Gasteiger partial charge in [0.25, 0.3) is 5.91 Å². The van der Waals surface area contributed by atoms with Gasteiger partial charge in [0.05, 0.1) is 16.8 Å². The number of nitriles is 1. The van der Waals surface area contributed by atoms with Gasteiger partial charge in [0.1, 0.15) is 6.07 Å². The number of benzene rings is 2. The highest BCUT2D eigenvalue weighted by atomic mass is 19.4. The van der Waals surface area contributed by atoms with Gasteiger partial charge in [0.2, 0.25) is 0 Å². The van der Waals surface area contributed by atoms with Crippen molar-refractivity contribution in [1.29, 1.82) is 5.26 Å². The second-order valence-electron chi connectivity index (χ2n) is 9.72. The number of carbonyl (C=O) groups excluding carboxylic acids is 1. The van der Waals surface area contributed by atoms with Crippen LogP contribution in [-0.2, 0) is 11.7 Å². The largest absolute Gasteiger partial charge is 0.416 e. The third-order valence-corrected chi connectivity index (χ3v) is 6.02. The molecule has 0 saturated heterocycles. The van der Waals surface area contributed by atoms with Crippen molar-refractivity contribution in [3.63, 3.8) is 0 Å². The summed E-state index contributed by atoms with van der Waals surface area (Å²) in [5, 5.41) is 12.4. The summed E-state index contributed by atoms with van der Waals surface area (Å²) in [5.74, 6) is -0.723. The number of carbonyl (C=O) groups is 1. The zero-order valence-corrected chi connectivity index (χ0v) is 22.2. The fourth-order valence-electron chi connectivity index (χ4n) is 3.90. The number of nitrogens with zero attached hydrogens (tertiary/aromatic N) is 3. The summed E-state index contributed by atoms with van der Waals surface area (Å²) in [5.41, 5.74) is 14.1. The molecule has 7 nitrogen and oxygen atoms in total. The van der Waals surface area contributed by atoms with Crippen molar-refractivity contribution >= 4 is 23.4 Å². The summed E-state index contributed by atoms with van der Waals surface area (Å²) in [6, 6.07) is 12.0. The number of nitrogens with one attached hydrogen (secondary N) is 1. The number of aryl methyl sites for hydroxylation is 1. The summed E-state index contributed by atoms with van der Waals surface area (Å²) in [6.07, 6.45) is -1.53. The van der Waals surface area contributed by atoms with Crippen LogP contribution in [-0.4, -0.2) is 24.2 Å². The maximum absolute atomic E-state index is 13.5. The number of alkyl halides is 3. The molecule has 0 spiro atoms. The van der Waals surface area contributed by atoms with Crippen LogP contribution in [0.2, 0.25) is 0 Å². The molecule has 1 amide bonds. The lowest BCUT2D eigenvalue weighted by atomic mass is 9.91. The SMILES string of the molecule is CN=CC(=C(C)N)c1ncc(-c2cc(NC(=O)c3cc(C(C)(C)N)cc(C(F)(F)F)c3)ccc2C)cc1C#N. The lowest BCUT2D eigenvalue weighted by molar-refractivity contribution is -0.137. The predicted octanol–water partition coefficient (Wildman–Crippen LogP) is 5.78. The fraction of sp³-hybridized carbons (Fsp3) is 0.241. The molecule has 0 aliphatic carbocycles. The molecule has 39 heavy (non-hydrogen) atoms. The van der Waals surface area contributed by atoms with Gasteiger partial charge in [0, 0.05) is 53.1 Å². The number of anilines is 1. The number of nitrogens with two attached hydrogens (primary N) is 2. The quantitative estimate of drug-likeness (QED) is 0.345. The second kappa shape index (κ2) is 11.1.